The summed E-state index contributed by atoms with van der Waals surface area (Å²) >= 11 is 0. The van der Waals surface area contributed by atoms with Crippen molar-refractivity contribution in [1.29, 1.82) is 0 Å². The van der Waals surface area contributed by atoms with Crippen molar-refractivity contribution in [1.82, 2.24) is 15.0 Å². The van der Waals surface area contributed by atoms with Crippen LogP contribution in [0.4, 0.5) is 0 Å². The molecule has 2 aromatic rings. The summed E-state index contributed by atoms with van der Waals surface area (Å²) in [4.78, 5) is 28.4. The number of piperazine rings is 1. The van der Waals surface area contributed by atoms with Crippen LogP contribution in [0.1, 0.15) is 29.0 Å². The summed E-state index contributed by atoms with van der Waals surface area (Å²) in [6.45, 7) is 5.46. The maximum absolute atomic E-state index is 12.5. The molecule has 1 aliphatic heterocycles. The third-order valence-electron chi connectivity index (χ3n) is 4.95. The molecule has 0 spiro atoms. The van der Waals surface area contributed by atoms with Gasteiger partial charge < -0.3 is 19.1 Å². The van der Waals surface area contributed by atoms with Gasteiger partial charge in [0.05, 0.1) is 19.3 Å². The first-order chi connectivity index (χ1) is 13.0. The molecule has 1 aliphatic rings. The second-order valence-corrected chi connectivity index (χ2v) is 6.78. The molecular weight excluding hydrogens is 346 g/mol. The monoisotopic (exact) mass is 371 g/mol. The van der Waals surface area contributed by atoms with E-state index in [-0.39, 0.29) is 18.4 Å². The lowest BCUT2D eigenvalue weighted by Crippen LogP contribution is -2.51. The van der Waals surface area contributed by atoms with Crippen molar-refractivity contribution in [3.05, 3.63) is 46.8 Å². The molecule has 0 atom stereocenters. The second kappa shape index (κ2) is 8.24. The van der Waals surface area contributed by atoms with Crippen LogP contribution in [0.3, 0.4) is 0 Å². The molecule has 0 unspecified atom stereocenters. The van der Waals surface area contributed by atoms with Crippen LogP contribution in [-0.2, 0) is 22.6 Å². The van der Waals surface area contributed by atoms with Gasteiger partial charge in [0.15, 0.2) is 0 Å². The highest BCUT2D eigenvalue weighted by atomic mass is 16.5. The molecule has 0 aliphatic carbocycles. The molecule has 0 saturated carbocycles. The van der Waals surface area contributed by atoms with Crippen LogP contribution in [0, 0.1) is 13.8 Å². The van der Waals surface area contributed by atoms with E-state index in [2.05, 4.69) is 5.16 Å². The first-order valence-electron chi connectivity index (χ1n) is 9.08. The summed E-state index contributed by atoms with van der Waals surface area (Å²) in [5.41, 5.74) is 2.81. The summed E-state index contributed by atoms with van der Waals surface area (Å²) in [7, 11) is 1.62. The Balaban J connectivity index is 1.53. The molecular formula is C20H25N3O4. The number of ether oxygens (including phenoxy) is 1. The lowest BCUT2D eigenvalue weighted by atomic mass is 10.1. The minimum Gasteiger partial charge on any atom is -0.497 e. The molecule has 2 heterocycles. The molecule has 1 fully saturated rings. The lowest BCUT2D eigenvalue weighted by molar-refractivity contribution is -0.145. The number of amides is 2. The fourth-order valence-electron chi connectivity index (χ4n) is 3.33. The first-order valence-corrected chi connectivity index (χ1v) is 9.08. The van der Waals surface area contributed by atoms with E-state index in [9.17, 15) is 9.59 Å². The summed E-state index contributed by atoms with van der Waals surface area (Å²) < 4.78 is 10.4. The number of nitrogens with zero attached hydrogens (tertiary/aromatic N) is 3. The van der Waals surface area contributed by atoms with Crippen molar-refractivity contribution < 1.29 is 18.8 Å². The molecule has 144 valence electrons. The van der Waals surface area contributed by atoms with Crippen LogP contribution in [-0.4, -0.2) is 53.5 Å². The van der Waals surface area contributed by atoms with Gasteiger partial charge in [-0.1, -0.05) is 17.3 Å². The van der Waals surface area contributed by atoms with Crippen LogP contribution in [0.2, 0.25) is 0 Å². The van der Waals surface area contributed by atoms with Gasteiger partial charge in [-0.15, -0.1) is 0 Å². The number of hydrogen-bond donors (Lipinski definition) is 0. The fraction of sp³-hybridized carbons (Fsp3) is 0.450. The van der Waals surface area contributed by atoms with Crippen molar-refractivity contribution in [2.45, 2.75) is 33.2 Å². The van der Waals surface area contributed by atoms with Gasteiger partial charge in [-0.25, -0.2) is 0 Å². The third-order valence-corrected chi connectivity index (χ3v) is 4.95. The van der Waals surface area contributed by atoms with Crippen molar-refractivity contribution in [3.8, 4) is 5.75 Å². The molecule has 1 aromatic heterocycles. The normalized spacial score (nSPS) is 14.6. The number of aryl methyl sites for hydroxylation is 2. The zero-order valence-corrected chi connectivity index (χ0v) is 16.0. The van der Waals surface area contributed by atoms with Crippen LogP contribution < -0.4 is 4.74 Å². The molecule has 1 saturated heterocycles. The molecule has 0 N–H and O–H groups in total. The summed E-state index contributed by atoms with van der Waals surface area (Å²) in [5.74, 6) is 1.48. The Morgan fingerprint density at radius 1 is 1.30 bits per heavy atom. The predicted octanol–water partition coefficient (Wildman–Crippen LogP) is 2.10. The highest BCUT2D eigenvalue weighted by Gasteiger charge is 2.27. The average Bonchev–Trinajstić information content (AvgIpc) is 2.99. The van der Waals surface area contributed by atoms with Gasteiger partial charge >= 0.3 is 0 Å². The van der Waals surface area contributed by atoms with Gasteiger partial charge in [0.1, 0.15) is 11.5 Å². The van der Waals surface area contributed by atoms with Crippen molar-refractivity contribution >= 4 is 11.8 Å². The number of hydrogen-bond acceptors (Lipinski definition) is 5. The Bertz CT molecular complexity index is 811. The molecule has 27 heavy (non-hydrogen) atoms. The predicted molar refractivity (Wildman–Crippen MR) is 99.3 cm³/mol. The Morgan fingerprint density at radius 3 is 2.78 bits per heavy atom. The number of carbonyl (C=O) groups excluding carboxylic acids is 2. The largest absolute Gasteiger partial charge is 0.497 e. The Hall–Kier alpha value is -2.83. The van der Waals surface area contributed by atoms with Gasteiger partial charge in [0, 0.05) is 31.6 Å². The number of methoxy groups -OCH3 is 1. The van der Waals surface area contributed by atoms with E-state index in [0.29, 0.717) is 32.5 Å². The van der Waals surface area contributed by atoms with Crippen molar-refractivity contribution in [2.24, 2.45) is 0 Å². The standard InChI is InChI=1S/C20H25N3O4/c1-14-18(15(2)27-21-14)7-8-19(24)23-10-9-22(20(25)13-23)12-16-5-4-6-17(11-16)26-3/h4-6,11H,7-10,12-13H2,1-3H3. The van der Waals surface area contributed by atoms with Crippen LogP contribution in [0.25, 0.3) is 0 Å². The van der Waals surface area contributed by atoms with Crippen LogP contribution in [0.5, 0.6) is 5.75 Å². The number of rotatable bonds is 6. The maximum Gasteiger partial charge on any atom is 0.242 e. The molecule has 7 heteroatoms. The van der Waals surface area contributed by atoms with E-state index in [1.807, 2.05) is 38.1 Å². The van der Waals surface area contributed by atoms with E-state index in [0.717, 1.165) is 28.3 Å². The maximum atomic E-state index is 12.5. The molecule has 2 amide bonds. The zero-order chi connectivity index (χ0) is 19.4. The Labute approximate surface area is 158 Å². The minimum absolute atomic E-state index is 0.00983. The second-order valence-electron chi connectivity index (χ2n) is 6.78. The van der Waals surface area contributed by atoms with Gasteiger partial charge in [0.2, 0.25) is 11.8 Å². The quantitative estimate of drug-likeness (QED) is 0.777. The number of benzene rings is 1. The van der Waals surface area contributed by atoms with E-state index in [1.54, 1.807) is 16.9 Å². The zero-order valence-electron chi connectivity index (χ0n) is 16.0. The van der Waals surface area contributed by atoms with Crippen molar-refractivity contribution in [3.63, 3.8) is 0 Å². The van der Waals surface area contributed by atoms with Crippen LogP contribution in [0.15, 0.2) is 28.8 Å². The van der Waals surface area contributed by atoms with Gasteiger partial charge in [-0.3, -0.25) is 9.59 Å². The first kappa shape index (κ1) is 18.9. The van der Waals surface area contributed by atoms with E-state index < -0.39 is 0 Å². The summed E-state index contributed by atoms with van der Waals surface area (Å²) in [6, 6.07) is 7.68. The van der Waals surface area contributed by atoms with Crippen LogP contribution >= 0.6 is 0 Å². The molecule has 0 bridgehead atoms. The van der Waals surface area contributed by atoms with Gasteiger partial charge in [-0.2, -0.15) is 0 Å². The molecule has 1 aromatic carbocycles. The Morgan fingerprint density at radius 2 is 2.11 bits per heavy atom. The van der Waals surface area contributed by atoms with E-state index in [4.69, 9.17) is 9.26 Å². The summed E-state index contributed by atoms with van der Waals surface area (Å²) in [5, 5.41) is 3.91. The number of carbonyl (C=O) groups is 2. The van der Waals surface area contributed by atoms with E-state index in [1.165, 1.54) is 0 Å². The third kappa shape index (κ3) is 4.48. The van der Waals surface area contributed by atoms with Crippen molar-refractivity contribution in [2.75, 3.05) is 26.7 Å². The molecule has 3 rings (SSSR count). The molecule has 7 nitrogen and oxygen atoms in total. The van der Waals surface area contributed by atoms with Gasteiger partial charge in [0.25, 0.3) is 0 Å². The Kier molecular flexibility index (Phi) is 5.78. The molecule has 0 radical (unpaired) electrons. The van der Waals surface area contributed by atoms with Gasteiger partial charge in [-0.05, 0) is 38.0 Å². The number of aromatic nitrogens is 1. The smallest absolute Gasteiger partial charge is 0.242 e. The average molecular weight is 371 g/mol. The van der Waals surface area contributed by atoms with E-state index >= 15 is 0 Å². The highest BCUT2D eigenvalue weighted by molar-refractivity contribution is 5.86. The fourth-order valence-corrected chi connectivity index (χ4v) is 3.33. The summed E-state index contributed by atoms with van der Waals surface area (Å²) in [6.07, 6.45) is 0.935. The lowest BCUT2D eigenvalue weighted by Gasteiger charge is -2.34. The topological polar surface area (TPSA) is 75.9 Å². The highest BCUT2D eigenvalue weighted by Crippen LogP contribution is 2.18. The SMILES string of the molecule is COc1cccc(CN2CCN(C(=O)CCc3c(C)noc3C)CC2=O)c1. The minimum atomic E-state index is -0.0326.